The minimum atomic E-state index is -0.107. The topological polar surface area (TPSA) is 87.9 Å². The number of carbonyl (C=O) groups is 1. The van der Waals surface area contributed by atoms with Gasteiger partial charge in [-0.1, -0.05) is 0 Å². The highest BCUT2D eigenvalue weighted by atomic mass is 16.5. The highest BCUT2D eigenvalue weighted by molar-refractivity contribution is 5.94. The van der Waals surface area contributed by atoms with E-state index in [9.17, 15) is 4.79 Å². The first kappa shape index (κ1) is 18.2. The molecule has 9 heteroatoms. The Labute approximate surface area is 162 Å². The van der Waals surface area contributed by atoms with Crippen molar-refractivity contribution in [1.29, 1.82) is 0 Å². The molecule has 9 nitrogen and oxygen atoms in total. The van der Waals surface area contributed by atoms with Gasteiger partial charge in [0.05, 0.1) is 19.8 Å². The monoisotopic (exact) mass is 381 g/mol. The minimum absolute atomic E-state index is 0.107. The highest BCUT2D eigenvalue weighted by Crippen LogP contribution is 2.19. The van der Waals surface area contributed by atoms with Crippen LogP contribution in [0.25, 0.3) is 5.78 Å². The molecule has 0 saturated carbocycles. The molecule has 1 fully saturated rings. The number of aromatic nitrogens is 4. The van der Waals surface area contributed by atoms with Crippen LogP contribution in [0.15, 0.2) is 36.7 Å². The molecule has 1 amide bonds. The molecule has 1 aliphatic rings. The molecule has 0 unspecified atom stereocenters. The average molecular weight is 381 g/mol. The fourth-order valence-electron chi connectivity index (χ4n) is 3.26. The van der Waals surface area contributed by atoms with Crippen molar-refractivity contribution in [3.05, 3.63) is 42.4 Å². The third kappa shape index (κ3) is 3.89. The van der Waals surface area contributed by atoms with Gasteiger partial charge in [-0.25, -0.2) is 4.98 Å². The largest absolute Gasteiger partial charge is 0.378 e. The van der Waals surface area contributed by atoms with Gasteiger partial charge in [0.25, 0.3) is 5.78 Å². The summed E-state index contributed by atoms with van der Waals surface area (Å²) >= 11 is 0. The number of likely N-dealkylation sites (N-methyl/N-ethyl adjacent to an activating group) is 1. The van der Waals surface area contributed by atoms with Gasteiger partial charge in [-0.05, 0) is 31.2 Å². The number of hydrogen-bond acceptors (Lipinski definition) is 7. The number of morpholine rings is 1. The van der Waals surface area contributed by atoms with Crippen molar-refractivity contribution in [2.45, 2.75) is 6.92 Å². The summed E-state index contributed by atoms with van der Waals surface area (Å²) in [5.41, 5.74) is 2.73. The Kier molecular flexibility index (Phi) is 5.07. The van der Waals surface area contributed by atoms with Gasteiger partial charge >= 0.3 is 0 Å². The van der Waals surface area contributed by atoms with Gasteiger partial charge in [0.2, 0.25) is 5.91 Å². The molecule has 0 radical (unpaired) electrons. The molecule has 3 aromatic rings. The molecule has 0 spiro atoms. The Morgan fingerprint density at radius 2 is 2.00 bits per heavy atom. The van der Waals surface area contributed by atoms with Crippen LogP contribution < -0.4 is 15.1 Å². The van der Waals surface area contributed by atoms with Gasteiger partial charge in [0, 0.05) is 43.3 Å². The Bertz CT molecular complexity index is 964. The molecule has 1 aliphatic heterocycles. The lowest BCUT2D eigenvalue weighted by Gasteiger charge is -2.29. The second-order valence-electron chi connectivity index (χ2n) is 6.78. The predicted octanol–water partition coefficient (Wildman–Crippen LogP) is 1.34. The molecule has 1 aromatic carbocycles. The maximum atomic E-state index is 12.5. The first-order valence-electron chi connectivity index (χ1n) is 9.21. The molecule has 1 saturated heterocycles. The Hall–Kier alpha value is -3.20. The molecular formula is C19H23N7O2. The van der Waals surface area contributed by atoms with Gasteiger partial charge in [-0.3, -0.25) is 4.79 Å². The quantitative estimate of drug-likeness (QED) is 0.714. The van der Waals surface area contributed by atoms with Crippen LogP contribution in [0, 0.1) is 6.92 Å². The first-order chi connectivity index (χ1) is 13.6. The van der Waals surface area contributed by atoms with Gasteiger partial charge < -0.3 is 19.9 Å². The van der Waals surface area contributed by atoms with Crippen molar-refractivity contribution >= 4 is 28.9 Å². The Morgan fingerprint density at radius 3 is 2.75 bits per heavy atom. The second kappa shape index (κ2) is 7.81. The Balaban J connectivity index is 1.40. The Morgan fingerprint density at radius 1 is 1.25 bits per heavy atom. The fraction of sp³-hybridized carbons (Fsp3) is 0.368. The molecule has 0 aliphatic carbocycles. The molecule has 3 heterocycles. The van der Waals surface area contributed by atoms with E-state index in [2.05, 4.69) is 25.3 Å². The summed E-state index contributed by atoms with van der Waals surface area (Å²) in [6, 6.07) is 9.78. The highest BCUT2D eigenvalue weighted by Gasteiger charge is 2.14. The lowest BCUT2D eigenvalue weighted by molar-refractivity contribution is -0.114. The average Bonchev–Trinajstić information content (AvgIpc) is 3.16. The zero-order chi connectivity index (χ0) is 19.5. The smallest absolute Gasteiger partial charge is 0.254 e. The van der Waals surface area contributed by atoms with E-state index in [0.29, 0.717) is 5.78 Å². The summed E-state index contributed by atoms with van der Waals surface area (Å²) < 4.78 is 7.01. The van der Waals surface area contributed by atoms with Crippen molar-refractivity contribution in [2.24, 2.45) is 0 Å². The van der Waals surface area contributed by atoms with Gasteiger partial charge in [-0.15, -0.1) is 0 Å². The number of rotatable bonds is 5. The van der Waals surface area contributed by atoms with Crippen molar-refractivity contribution in [3.8, 4) is 0 Å². The maximum Gasteiger partial charge on any atom is 0.254 e. The molecular weight excluding hydrogens is 358 g/mol. The standard InChI is InChI=1S/C19H23N7O2/c1-14-11-18(26-19(22-14)20-13-21-26)24(2)12-17(27)23-15-3-5-16(6-4-15)25-7-9-28-10-8-25/h3-6,11,13H,7-10,12H2,1-2H3,(H,23,27). The molecule has 1 N–H and O–H groups in total. The predicted molar refractivity (Wildman–Crippen MR) is 107 cm³/mol. The number of amides is 1. The third-order valence-corrected chi connectivity index (χ3v) is 4.66. The molecule has 146 valence electrons. The summed E-state index contributed by atoms with van der Waals surface area (Å²) in [6.07, 6.45) is 1.45. The van der Waals surface area contributed by atoms with Crippen LogP contribution in [0.1, 0.15) is 5.69 Å². The van der Waals surface area contributed by atoms with E-state index in [4.69, 9.17) is 4.74 Å². The van der Waals surface area contributed by atoms with Crippen LogP contribution in [0.3, 0.4) is 0 Å². The van der Waals surface area contributed by atoms with Crippen molar-refractivity contribution in [1.82, 2.24) is 19.6 Å². The summed E-state index contributed by atoms with van der Waals surface area (Å²) in [5, 5.41) is 7.13. The fourth-order valence-corrected chi connectivity index (χ4v) is 3.26. The van der Waals surface area contributed by atoms with E-state index in [1.54, 1.807) is 4.52 Å². The number of benzene rings is 1. The summed E-state index contributed by atoms with van der Waals surface area (Å²) in [5.74, 6) is 1.17. The van der Waals surface area contributed by atoms with Crippen LogP contribution in [-0.4, -0.2) is 65.4 Å². The zero-order valence-electron chi connectivity index (χ0n) is 16.0. The first-order valence-corrected chi connectivity index (χ1v) is 9.21. The van der Waals surface area contributed by atoms with Crippen LogP contribution in [-0.2, 0) is 9.53 Å². The van der Waals surface area contributed by atoms with E-state index < -0.39 is 0 Å². The molecule has 4 rings (SSSR count). The number of hydrogen-bond donors (Lipinski definition) is 1. The number of fused-ring (bicyclic) bond motifs is 1. The lowest BCUT2D eigenvalue weighted by Crippen LogP contribution is -2.36. The number of ether oxygens (including phenoxy) is 1. The van der Waals surface area contributed by atoms with Gasteiger partial charge in [0.15, 0.2) is 0 Å². The van der Waals surface area contributed by atoms with Crippen molar-refractivity contribution in [3.63, 3.8) is 0 Å². The molecule has 28 heavy (non-hydrogen) atoms. The SMILES string of the molecule is Cc1cc(N(C)CC(=O)Nc2ccc(N3CCOCC3)cc2)n2ncnc2n1. The summed E-state index contributed by atoms with van der Waals surface area (Å²) in [7, 11) is 1.84. The van der Waals surface area contributed by atoms with Crippen LogP contribution in [0.4, 0.5) is 17.2 Å². The van der Waals surface area contributed by atoms with Crippen molar-refractivity contribution < 1.29 is 9.53 Å². The van der Waals surface area contributed by atoms with Crippen LogP contribution in [0.5, 0.6) is 0 Å². The van der Waals surface area contributed by atoms with Crippen molar-refractivity contribution in [2.75, 3.05) is 55.0 Å². The minimum Gasteiger partial charge on any atom is -0.378 e. The van der Waals surface area contributed by atoms with E-state index in [1.165, 1.54) is 6.33 Å². The van der Waals surface area contributed by atoms with E-state index in [1.807, 2.05) is 49.2 Å². The van der Waals surface area contributed by atoms with Crippen LogP contribution in [0.2, 0.25) is 0 Å². The number of nitrogens with one attached hydrogen (secondary N) is 1. The number of nitrogens with zero attached hydrogens (tertiary/aromatic N) is 6. The molecule has 2 aromatic heterocycles. The second-order valence-corrected chi connectivity index (χ2v) is 6.78. The number of carbonyl (C=O) groups excluding carboxylic acids is 1. The van der Waals surface area contributed by atoms with Crippen LogP contribution >= 0.6 is 0 Å². The summed E-state index contributed by atoms with van der Waals surface area (Å²) in [4.78, 5) is 25.0. The zero-order valence-corrected chi connectivity index (χ0v) is 16.0. The maximum absolute atomic E-state index is 12.5. The van der Waals surface area contributed by atoms with E-state index in [0.717, 1.165) is 49.2 Å². The van der Waals surface area contributed by atoms with Gasteiger partial charge in [-0.2, -0.15) is 14.6 Å². The van der Waals surface area contributed by atoms with E-state index >= 15 is 0 Å². The summed E-state index contributed by atoms with van der Waals surface area (Å²) in [6.45, 7) is 5.35. The number of anilines is 3. The molecule has 0 bridgehead atoms. The lowest BCUT2D eigenvalue weighted by atomic mass is 10.2. The third-order valence-electron chi connectivity index (χ3n) is 4.66. The van der Waals surface area contributed by atoms with E-state index in [-0.39, 0.29) is 12.5 Å². The normalized spacial score (nSPS) is 14.3. The number of aryl methyl sites for hydroxylation is 1. The molecule has 0 atom stereocenters. The van der Waals surface area contributed by atoms with Gasteiger partial charge in [0.1, 0.15) is 12.1 Å².